The number of rotatable bonds is 3. The molecule has 0 aliphatic heterocycles. The van der Waals surface area contributed by atoms with Crippen molar-refractivity contribution in [1.82, 2.24) is 0 Å². The molecule has 0 bridgehead atoms. The molecule has 0 spiro atoms. The summed E-state index contributed by atoms with van der Waals surface area (Å²) in [6.07, 6.45) is 0. The van der Waals surface area contributed by atoms with E-state index in [1.165, 1.54) is 0 Å². The van der Waals surface area contributed by atoms with Gasteiger partial charge in [0.05, 0.1) is 0 Å². The van der Waals surface area contributed by atoms with Gasteiger partial charge >= 0.3 is 0 Å². The quantitative estimate of drug-likeness (QED) is 0.539. The van der Waals surface area contributed by atoms with E-state index >= 15 is 0 Å². The summed E-state index contributed by atoms with van der Waals surface area (Å²) in [5, 5.41) is 0.994. The van der Waals surface area contributed by atoms with Crippen molar-refractivity contribution in [1.29, 1.82) is 0 Å². The molecule has 16 heavy (non-hydrogen) atoms. The fourth-order valence-corrected chi connectivity index (χ4v) is 6.81. The van der Waals surface area contributed by atoms with Crippen LogP contribution in [0.25, 0.3) is 0 Å². The molecule has 0 heterocycles. The topological polar surface area (TPSA) is 0 Å². The van der Waals surface area contributed by atoms with Gasteiger partial charge in [-0.05, 0) is 23.6 Å². The van der Waals surface area contributed by atoms with Gasteiger partial charge in [0, 0.05) is 0 Å². The second-order valence-corrected chi connectivity index (χ2v) is 13.8. The van der Waals surface area contributed by atoms with Crippen molar-refractivity contribution in [2.24, 2.45) is 0 Å². The average Bonchev–Trinajstić information content (AvgIpc) is 2.10. The van der Waals surface area contributed by atoms with Crippen molar-refractivity contribution < 1.29 is 0 Å². The van der Waals surface area contributed by atoms with Crippen molar-refractivity contribution in [2.75, 3.05) is 13.3 Å². The fraction of sp³-hybridized carbons (Fsp3) is 1.00. The van der Waals surface area contributed by atoms with E-state index in [9.17, 15) is 0 Å². The van der Waals surface area contributed by atoms with Crippen LogP contribution in [0.5, 0.6) is 0 Å². The predicted molar refractivity (Wildman–Crippen MR) is 89.9 cm³/mol. The minimum atomic E-state index is 0.114. The zero-order valence-corrected chi connectivity index (χ0v) is 14.8. The summed E-state index contributed by atoms with van der Waals surface area (Å²) in [5.41, 5.74) is 1.76. The van der Waals surface area contributed by atoms with E-state index in [2.05, 4.69) is 70.6 Å². The molecule has 0 aromatic carbocycles. The molecule has 94 valence electrons. The normalized spacial score (nSPS) is 21.2. The smallest absolute Gasteiger partial charge is 0.109 e. The third kappa shape index (κ3) is 4.70. The summed E-state index contributed by atoms with van der Waals surface area (Å²) in [6.45, 7) is 19.4. The van der Waals surface area contributed by atoms with Crippen LogP contribution in [-0.4, -0.2) is 50.5 Å². The van der Waals surface area contributed by atoms with E-state index in [0.717, 1.165) is 11.1 Å². The maximum absolute atomic E-state index is 2.49. The molecule has 0 N–H and O–H groups in total. The van der Waals surface area contributed by atoms with Crippen LogP contribution in [0.3, 0.4) is 0 Å². The highest BCUT2D eigenvalue weighted by Gasteiger charge is 2.33. The predicted octanol–water partition coefficient (Wildman–Crippen LogP) is 2.73. The van der Waals surface area contributed by atoms with Crippen LogP contribution in [-0.2, 0) is 0 Å². The van der Waals surface area contributed by atoms with Gasteiger partial charge in [0.1, 0.15) is 15.7 Å². The molecule has 0 rings (SSSR count). The first-order valence-corrected chi connectivity index (χ1v) is 10.1. The molecule has 0 saturated heterocycles. The number of hydrogen-bond donors (Lipinski definition) is 0. The van der Waals surface area contributed by atoms with Crippen LogP contribution in [0.4, 0.5) is 0 Å². The first-order chi connectivity index (χ1) is 6.89. The van der Waals surface area contributed by atoms with Crippen molar-refractivity contribution in [2.45, 2.75) is 63.0 Å². The molecule has 0 aromatic heterocycles. The Morgan fingerprint density at radius 1 is 0.688 bits per heavy atom. The minimum absolute atomic E-state index is 0.114. The molecule has 0 aromatic rings. The van der Waals surface area contributed by atoms with E-state index in [1.807, 2.05) is 0 Å². The molecule has 2 unspecified atom stereocenters. The first kappa shape index (κ1) is 17.0. The molecule has 0 fully saturated rings. The largest absolute Gasteiger partial charge is 0.110 e. The van der Waals surface area contributed by atoms with Gasteiger partial charge in [0.25, 0.3) is 0 Å². The Bertz CT molecular complexity index is 194. The molecule has 0 aliphatic rings. The molecule has 0 saturated carbocycles. The molecule has 0 radical (unpaired) electrons. The van der Waals surface area contributed by atoms with E-state index in [1.54, 1.807) is 0 Å². The summed E-state index contributed by atoms with van der Waals surface area (Å²) < 4.78 is 0. The highest BCUT2D eigenvalue weighted by molar-refractivity contribution is 7.65. The van der Waals surface area contributed by atoms with Gasteiger partial charge < -0.3 is 0 Å². The van der Waals surface area contributed by atoms with Gasteiger partial charge in [0.15, 0.2) is 0 Å². The molecular weight excluding hydrogens is 228 g/mol. The maximum Gasteiger partial charge on any atom is 0.110 e. The average molecular weight is 258 g/mol. The lowest BCUT2D eigenvalue weighted by Crippen LogP contribution is -2.33. The van der Waals surface area contributed by atoms with Crippen molar-refractivity contribution in [3.05, 3.63) is 0 Å². The zero-order chi connectivity index (χ0) is 13.3. The molecule has 4 heteroatoms. The maximum atomic E-state index is 2.49. The Labute approximate surface area is 108 Å². The molecule has 4 atom stereocenters. The number of hydrogen-bond acceptors (Lipinski definition) is 0. The highest BCUT2D eigenvalue weighted by atomic mass is 31.1. The highest BCUT2D eigenvalue weighted by Crippen LogP contribution is 2.58. The van der Waals surface area contributed by atoms with Gasteiger partial charge in [-0.3, -0.25) is 0 Å². The fourth-order valence-electron chi connectivity index (χ4n) is 1.87. The van der Waals surface area contributed by atoms with Gasteiger partial charge in [-0.15, -0.1) is 15.8 Å². The monoisotopic (exact) mass is 258 g/mol. The zero-order valence-electron chi connectivity index (χ0n) is 13.0. The molecular formula is C12H30B2P2. The van der Waals surface area contributed by atoms with E-state index < -0.39 is 0 Å². The lowest BCUT2D eigenvalue weighted by molar-refractivity contribution is 0.770. The second kappa shape index (κ2) is 5.75. The van der Waals surface area contributed by atoms with Gasteiger partial charge in [0.2, 0.25) is 0 Å². The van der Waals surface area contributed by atoms with Crippen LogP contribution in [0.1, 0.15) is 41.5 Å². The summed E-state index contributed by atoms with van der Waals surface area (Å²) in [7, 11) is 5.19. The van der Waals surface area contributed by atoms with Crippen LogP contribution < -0.4 is 0 Å². The lowest BCUT2D eigenvalue weighted by atomic mass is 9.88. The molecule has 0 aliphatic carbocycles. The minimum Gasteiger partial charge on any atom is -0.109 e. The van der Waals surface area contributed by atoms with Gasteiger partial charge in [-0.1, -0.05) is 52.7 Å². The third-order valence-electron chi connectivity index (χ3n) is 4.04. The Kier molecular flexibility index (Phi) is 6.11. The molecule has 0 amide bonds. The van der Waals surface area contributed by atoms with Crippen LogP contribution in [0.15, 0.2) is 0 Å². The van der Waals surface area contributed by atoms with E-state index in [0.29, 0.717) is 10.3 Å². The van der Waals surface area contributed by atoms with E-state index in [4.69, 9.17) is 0 Å². The summed E-state index contributed by atoms with van der Waals surface area (Å²) in [6, 6.07) is 0. The second-order valence-electron chi connectivity index (χ2n) is 7.04. The summed E-state index contributed by atoms with van der Waals surface area (Å²) in [4.78, 5) is 0. The van der Waals surface area contributed by atoms with Crippen LogP contribution in [0, 0.1) is 0 Å². The van der Waals surface area contributed by atoms with Gasteiger partial charge in [-0.2, -0.15) is 0 Å². The van der Waals surface area contributed by atoms with Crippen LogP contribution >= 0.6 is 15.8 Å². The van der Waals surface area contributed by atoms with E-state index in [-0.39, 0.29) is 15.8 Å². The summed E-state index contributed by atoms with van der Waals surface area (Å²) in [5.74, 6) is 0. The van der Waals surface area contributed by atoms with Gasteiger partial charge in [-0.25, -0.2) is 0 Å². The van der Waals surface area contributed by atoms with Crippen molar-refractivity contribution in [3.8, 4) is 0 Å². The SMILES string of the molecule is B[C@@H]([C@H](B)P(C)C(C)(C)C)P(C)C(C)(C)C. The van der Waals surface area contributed by atoms with Crippen molar-refractivity contribution >= 4 is 31.5 Å². The Balaban J connectivity index is 4.68. The molecule has 0 nitrogen and oxygen atoms in total. The Morgan fingerprint density at radius 3 is 1.00 bits per heavy atom. The standard InChI is InChI=1S/C12H30B2P2/c1-11(2,3)15(7)9(13)10(14)16(8)12(4,5)6/h9-10H,13-14H2,1-8H3/t9-,10-,15?,16?/m1/s1. The first-order valence-electron chi connectivity index (χ1n) is 6.35. The van der Waals surface area contributed by atoms with Crippen LogP contribution in [0.2, 0.25) is 0 Å². The Hall–Kier alpha value is 0.990. The third-order valence-corrected chi connectivity index (χ3v) is 11.8. The lowest BCUT2D eigenvalue weighted by Gasteiger charge is -2.42. The summed E-state index contributed by atoms with van der Waals surface area (Å²) >= 11 is 0. The Morgan fingerprint density at radius 2 is 0.875 bits per heavy atom. The van der Waals surface area contributed by atoms with Crippen molar-refractivity contribution in [3.63, 3.8) is 0 Å².